The summed E-state index contributed by atoms with van der Waals surface area (Å²) >= 11 is 0. The van der Waals surface area contributed by atoms with E-state index in [1.54, 1.807) is 7.05 Å². The fourth-order valence-electron chi connectivity index (χ4n) is 3.48. The molecule has 110 valence electrons. The molecule has 0 bridgehead atoms. The van der Waals surface area contributed by atoms with Crippen LogP contribution in [0.5, 0.6) is 0 Å². The van der Waals surface area contributed by atoms with E-state index in [0.717, 1.165) is 31.8 Å². The molecule has 0 radical (unpaired) electrons. The number of carboxylic acids is 1. The highest BCUT2D eigenvalue weighted by Crippen LogP contribution is 2.40. The Bertz CT molecular complexity index is 317. The average molecular weight is 268 g/mol. The van der Waals surface area contributed by atoms with Gasteiger partial charge >= 0.3 is 5.97 Å². The number of nitrogens with zero attached hydrogens (tertiary/aromatic N) is 1. The number of likely N-dealkylation sites (N-methyl/N-ethyl adjacent to an activating group) is 1. The maximum absolute atomic E-state index is 11.7. The molecular formula is C15H28N2O2. The summed E-state index contributed by atoms with van der Waals surface area (Å²) in [5.74, 6) is 0.480. The van der Waals surface area contributed by atoms with Gasteiger partial charge in [-0.1, -0.05) is 13.3 Å². The highest BCUT2D eigenvalue weighted by atomic mass is 16.4. The Morgan fingerprint density at radius 1 is 1.32 bits per heavy atom. The zero-order valence-electron chi connectivity index (χ0n) is 12.3. The second-order valence-corrected chi connectivity index (χ2v) is 6.28. The van der Waals surface area contributed by atoms with Crippen LogP contribution in [0.3, 0.4) is 0 Å². The Morgan fingerprint density at radius 3 is 2.58 bits per heavy atom. The lowest BCUT2D eigenvalue weighted by Crippen LogP contribution is -2.59. The van der Waals surface area contributed by atoms with E-state index in [1.165, 1.54) is 25.7 Å². The van der Waals surface area contributed by atoms with Gasteiger partial charge in [-0.2, -0.15) is 0 Å². The Hall–Kier alpha value is -0.610. The molecule has 0 aromatic carbocycles. The van der Waals surface area contributed by atoms with Crippen molar-refractivity contribution in [2.24, 2.45) is 11.8 Å². The SMILES string of the molecule is CCC1CCCN(CC(NC)(C(=O)O)C2CC2)CC1. The molecule has 2 atom stereocenters. The molecule has 1 heterocycles. The van der Waals surface area contributed by atoms with Crippen molar-refractivity contribution in [2.45, 2.75) is 51.0 Å². The van der Waals surface area contributed by atoms with E-state index in [0.29, 0.717) is 12.5 Å². The second kappa shape index (κ2) is 6.23. The van der Waals surface area contributed by atoms with E-state index < -0.39 is 11.5 Å². The lowest BCUT2D eigenvalue weighted by molar-refractivity contribution is -0.146. The summed E-state index contributed by atoms with van der Waals surface area (Å²) in [6.45, 7) is 5.04. The Kier molecular flexibility index (Phi) is 4.85. The number of carbonyl (C=O) groups is 1. The van der Waals surface area contributed by atoms with Crippen LogP contribution in [-0.2, 0) is 4.79 Å². The van der Waals surface area contributed by atoms with E-state index in [2.05, 4.69) is 17.1 Å². The first-order chi connectivity index (χ1) is 9.12. The number of likely N-dealkylation sites (tertiary alicyclic amines) is 1. The van der Waals surface area contributed by atoms with Crippen LogP contribution in [0.15, 0.2) is 0 Å². The van der Waals surface area contributed by atoms with Crippen molar-refractivity contribution >= 4 is 5.97 Å². The lowest BCUT2D eigenvalue weighted by atomic mass is 9.92. The summed E-state index contributed by atoms with van der Waals surface area (Å²) in [6, 6.07) is 0. The highest BCUT2D eigenvalue weighted by Gasteiger charge is 2.51. The minimum Gasteiger partial charge on any atom is -0.480 e. The van der Waals surface area contributed by atoms with Crippen LogP contribution in [0.2, 0.25) is 0 Å². The third-order valence-electron chi connectivity index (χ3n) is 5.09. The smallest absolute Gasteiger partial charge is 0.325 e. The fraction of sp³-hybridized carbons (Fsp3) is 0.933. The maximum Gasteiger partial charge on any atom is 0.325 e. The molecule has 2 aliphatic rings. The third kappa shape index (κ3) is 3.29. The molecule has 1 aliphatic carbocycles. The molecule has 2 rings (SSSR count). The van der Waals surface area contributed by atoms with Gasteiger partial charge in [0.25, 0.3) is 0 Å². The molecule has 1 saturated heterocycles. The molecular weight excluding hydrogens is 240 g/mol. The van der Waals surface area contributed by atoms with E-state index in [-0.39, 0.29) is 0 Å². The lowest BCUT2D eigenvalue weighted by Gasteiger charge is -2.35. The zero-order chi connectivity index (χ0) is 13.9. The molecule has 2 unspecified atom stereocenters. The van der Waals surface area contributed by atoms with Crippen LogP contribution in [0.25, 0.3) is 0 Å². The number of rotatable bonds is 6. The van der Waals surface area contributed by atoms with Crippen LogP contribution in [0, 0.1) is 11.8 Å². The van der Waals surface area contributed by atoms with Gasteiger partial charge in [0, 0.05) is 6.54 Å². The predicted molar refractivity (Wildman–Crippen MR) is 76.2 cm³/mol. The summed E-state index contributed by atoms with van der Waals surface area (Å²) < 4.78 is 0. The fourth-order valence-corrected chi connectivity index (χ4v) is 3.48. The van der Waals surface area contributed by atoms with Crippen LogP contribution >= 0.6 is 0 Å². The van der Waals surface area contributed by atoms with Crippen molar-refractivity contribution in [3.63, 3.8) is 0 Å². The Morgan fingerprint density at radius 2 is 2.05 bits per heavy atom. The van der Waals surface area contributed by atoms with Gasteiger partial charge in [0.1, 0.15) is 5.54 Å². The topological polar surface area (TPSA) is 52.6 Å². The predicted octanol–water partition coefficient (Wildman–Crippen LogP) is 1.95. The van der Waals surface area contributed by atoms with Gasteiger partial charge in [0.15, 0.2) is 0 Å². The van der Waals surface area contributed by atoms with Gasteiger partial charge in [0.2, 0.25) is 0 Å². The van der Waals surface area contributed by atoms with Gasteiger partial charge in [-0.05, 0) is 64.1 Å². The number of hydrogen-bond donors (Lipinski definition) is 2. The summed E-state index contributed by atoms with van der Waals surface area (Å²) in [6.07, 6.45) is 7.10. The molecule has 1 saturated carbocycles. The largest absolute Gasteiger partial charge is 0.480 e. The quantitative estimate of drug-likeness (QED) is 0.773. The van der Waals surface area contributed by atoms with Crippen LogP contribution < -0.4 is 5.32 Å². The van der Waals surface area contributed by atoms with E-state index in [9.17, 15) is 9.90 Å². The van der Waals surface area contributed by atoms with Gasteiger partial charge in [-0.3, -0.25) is 4.79 Å². The highest BCUT2D eigenvalue weighted by molar-refractivity contribution is 5.80. The summed E-state index contributed by atoms with van der Waals surface area (Å²) in [7, 11) is 1.80. The molecule has 2 fully saturated rings. The molecule has 4 heteroatoms. The van der Waals surface area contributed by atoms with E-state index >= 15 is 0 Å². The molecule has 4 nitrogen and oxygen atoms in total. The van der Waals surface area contributed by atoms with Crippen molar-refractivity contribution < 1.29 is 9.90 Å². The van der Waals surface area contributed by atoms with Crippen molar-refractivity contribution in [1.82, 2.24) is 10.2 Å². The van der Waals surface area contributed by atoms with Crippen molar-refractivity contribution in [1.29, 1.82) is 0 Å². The zero-order valence-corrected chi connectivity index (χ0v) is 12.3. The van der Waals surface area contributed by atoms with Gasteiger partial charge in [0.05, 0.1) is 0 Å². The standard InChI is InChI=1S/C15H28N2O2/c1-3-12-5-4-9-17(10-8-12)11-15(16-2,14(18)19)13-6-7-13/h12-13,16H,3-11H2,1-2H3,(H,18,19). The molecule has 0 aromatic heterocycles. The summed E-state index contributed by atoms with van der Waals surface area (Å²) in [5, 5.41) is 12.8. The van der Waals surface area contributed by atoms with Gasteiger partial charge < -0.3 is 15.3 Å². The molecule has 0 aromatic rings. The van der Waals surface area contributed by atoms with Crippen LogP contribution in [0.1, 0.15) is 45.4 Å². The molecule has 0 amide bonds. The molecule has 2 N–H and O–H groups in total. The minimum absolute atomic E-state index is 0.320. The van der Waals surface area contributed by atoms with Gasteiger partial charge in [-0.25, -0.2) is 0 Å². The van der Waals surface area contributed by atoms with E-state index in [1.807, 2.05) is 0 Å². The minimum atomic E-state index is -0.716. The number of hydrogen-bond acceptors (Lipinski definition) is 3. The van der Waals surface area contributed by atoms with Crippen LogP contribution in [-0.4, -0.2) is 48.2 Å². The van der Waals surface area contributed by atoms with Crippen molar-refractivity contribution in [3.05, 3.63) is 0 Å². The third-order valence-corrected chi connectivity index (χ3v) is 5.09. The first-order valence-corrected chi connectivity index (χ1v) is 7.77. The van der Waals surface area contributed by atoms with E-state index in [4.69, 9.17) is 0 Å². The number of nitrogens with one attached hydrogen (secondary N) is 1. The Labute approximate surface area is 116 Å². The van der Waals surface area contributed by atoms with Gasteiger partial charge in [-0.15, -0.1) is 0 Å². The maximum atomic E-state index is 11.7. The van der Waals surface area contributed by atoms with Crippen molar-refractivity contribution in [3.8, 4) is 0 Å². The van der Waals surface area contributed by atoms with Crippen molar-refractivity contribution in [2.75, 3.05) is 26.7 Å². The number of carboxylic acid groups (broad SMARTS) is 1. The number of aliphatic carboxylic acids is 1. The second-order valence-electron chi connectivity index (χ2n) is 6.28. The molecule has 1 aliphatic heterocycles. The normalized spacial score (nSPS) is 28.6. The first kappa shape index (κ1) is 14.8. The monoisotopic (exact) mass is 268 g/mol. The molecule has 0 spiro atoms. The Balaban J connectivity index is 1.99. The first-order valence-electron chi connectivity index (χ1n) is 7.77. The average Bonchev–Trinajstić information content (AvgIpc) is 3.23. The summed E-state index contributed by atoms with van der Waals surface area (Å²) in [4.78, 5) is 14.1. The van der Waals surface area contributed by atoms with Crippen LogP contribution in [0.4, 0.5) is 0 Å². The molecule has 19 heavy (non-hydrogen) atoms. The summed E-state index contributed by atoms with van der Waals surface area (Å²) in [5.41, 5.74) is -0.716.